The van der Waals surface area contributed by atoms with Crippen LogP contribution < -0.4 is 5.32 Å². The molecule has 0 aliphatic rings. The fourth-order valence-corrected chi connectivity index (χ4v) is 2.14. The zero-order valence-electron chi connectivity index (χ0n) is 13.2. The highest BCUT2D eigenvalue weighted by molar-refractivity contribution is 6.01. The summed E-state index contributed by atoms with van der Waals surface area (Å²) in [7, 11) is 0. The Morgan fingerprint density at radius 3 is 2.56 bits per heavy atom. The van der Waals surface area contributed by atoms with Crippen LogP contribution in [-0.2, 0) is 11.3 Å². The van der Waals surface area contributed by atoms with Gasteiger partial charge in [0, 0.05) is 23.5 Å². The molecule has 122 valence electrons. The lowest BCUT2D eigenvalue weighted by Crippen LogP contribution is -2.23. The molecule has 0 radical (unpaired) electrons. The van der Waals surface area contributed by atoms with Crippen LogP contribution in [0, 0.1) is 11.3 Å². The van der Waals surface area contributed by atoms with E-state index in [9.17, 15) is 10.1 Å². The first-order valence-electron chi connectivity index (χ1n) is 7.56. The molecule has 0 bridgehead atoms. The Hall–Kier alpha value is -3.72. The van der Waals surface area contributed by atoms with E-state index in [1.165, 1.54) is 12.3 Å². The van der Waals surface area contributed by atoms with Gasteiger partial charge in [0.05, 0.1) is 12.8 Å². The molecule has 0 aliphatic carbocycles. The number of nitrogens with zero attached hydrogens (tertiary/aromatic N) is 3. The van der Waals surface area contributed by atoms with Crippen LogP contribution in [0.2, 0.25) is 0 Å². The third-order valence-electron chi connectivity index (χ3n) is 3.38. The SMILES string of the molecule is N#CC(=Cc1cnc(-c2ccccc2)nc1)C(=O)NCc1ccco1. The third kappa shape index (κ3) is 4.18. The van der Waals surface area contributed by atoms with Crippen molar-refractivity contribution in [1.82, 2.24) is 15.3 Å². The van der Waals surface area contributed by atoms with E-state index in [-0.39, 0.29) is 12.1 Å². The number of carbonyl (C=O) groups excluding carboxylic acids is 1. The second kappa shape index (κ2) is 7.70. The van der Waals surface area contributed by atoms with Crippen LogP contribution in [0.3, 0.4) is 0 Å². The third-order valence-corrected chi connectivity index (χ3v) is 3.38. The largest absolute Gasteiger partial charge is 0.467 e. The molecule has 0 saturated heterocycles. The van der Waals surface area contributed by atoms with Crippen molar-refractivity contribution in [3.8, 4) is 17.5 Å². The topological polar surface area (TPSA) is 91.8 Å². The van der Waals surface area contributed by atoms with Crippen molar-refractivity contribution in [2.45, 2.75) is 6.54 Å². The molecule has 0 spiro atoms. The normalized spacial score (nSPS) is 10.9. The van der Waals surface area contributed by atoms with Crippen LogP contribution in [0.25, 0.3) is 17.5 Å². The second-order valence-electron chi connectivity index (χ2n) is 5.14. The molecule has 1 aromatic carbocycles. The molecule has 2 aromatic heterocycles. The minimum atomic E-state index is -0.481. The molecule has 3 rings (SSSR count). The van der Waals surface area contributed by atoms with Crippen molar-refractivity contribution in [3.63, 3.8) is 0 Å². The van der Waals surface area contributed by atoms with Gasteiger partial charge in [0.25, 0.3) is 5.91 Å². The molecule has 3 aromatic rings. The molecule has 1 amide bonds. The highest BCUT2D eigenvalue weighted by atomic mass is 16.3. The lowest BCUT2D eigenvalue weighted by atomic mass is 10.2. The fourth-order valence-electron chi connectivity index (χ4n) is 2.14. The van der Waals surface area contributed by atoms with Crippen LogP contribution >= 0.6 is 0 Å². The van der Waals surface area contributed by atoms with Gasteiger partial charge in [0.1, 0.15) is 17.4 Å². The van der Waals surface area contributed by atoms with Crippen LogP contribution in [0.15, 0.2) is 71.1 Å². The lowest BCUT2D eigenvalue weighted by Gasteiger charge is -2.03. The number of nitriles is 1. The van der Waals surface area contributed by atoms with Gasteiger partial charge in [-0.3, -0.25) is 4.79 Å². The van der Waals surface area contributed by atoms with Gasteiger partial charge in [-0.15, -0.1) is 0 Å². The summed E-state index contributed by atoms with van der Waals surface area (Å²) in [5.74, 6) is 0.714. The number of nitrogens with one attached hydrogen (secondary N) is 1. The number of hydrogen-bond acceptors (Lipinski definition) is 5. The van der Waals surface area contributed by atoms with Crippen LogP contribution in [0.4, 0.5) is 0 Å². The Morgan fingerprint density at radius 2 is 1.92 bits per heavy atom. The van der Waals surface area contributed by atoms with Gasteiger partial charge >= 0.3 is 0 Å². The Morgan fingerprint density at radius 1 is 1.16 bits per heavy atom. The summed E-state index contributed by atoms with van der Waals surface area (Å²) in [5, 5.41) is 11.8. The summed E-state index contributed by atoms with van der Waals surface area (Å²) in [6.07, 6.45) is 6.12. The zero-order chi connectivity index (χ0) is 17.5. The molecular weight excluding hydrogens is 316 g/mol. The van der Waals surface area contributed by atoms with E-state index in [4.69, 9.17) is 4.42 Å². The smallest absolute Gasteiger partial charge is 0.262 e. The number of aromatic nitrogens is 2. The maximum absolute atomic E-state index is 12.1. The van der Waals surface area contributed by atoms with Crippen LogP contribution in [-0.4, -0.2) is 15.9 Å². The summed E-state index contributed by atoms with van der Waals surface area (Å²) < 4.78 is 5.13. The molecular formula is C19H14N4O2. The van der Waals surface area contributed by atoms with Gasteiger partial charge in [-0.2, -0.15) is 5.26 Å². The average Bonchev–Trinajstić information content (AvgIpc) is 3.19. The standard InChI is InChI=1S/C19H14N4O2/c20-10-16(19(24)23-13-17-7-4-8-25-17)9-14-11-21-18(22-12-14)15-5-2-1-3-6-15/h1-9,11-12H,13H2,(H,23,24). The molecule has 0 aliphatic heterocycles. The Labute approximate surface area is 144 Å². The van der Waals surface area contributed by atoms with E-state index in [0.717, 1.165) is 5.56 Å². The van der Waals surface area contributed by atoms with Gasteiger partial charge in [0.2, 0.25) is 0 Å². The van der Waals surface area contributed by atoms with E-state index in [0.29, 0.717) is 17.1 Å². The number of hydrogen-bond donors (Lipinski definition) is 1. The lowest BCUT2D eigenvalue weighted by molar-refractivity contribution is -0.117. The van der Waals surface area contributed by atoms with E-state index in [2.05, 4.69) is 15.3 Å². The first kappa shape index (κ1) is 16.1. The summed E-state index contributed by atoms with van der Waals surface area (Å²) in [5.41, 5.74) is 1.45. The average molecular weight is 330 g/mol. The van der Waals surface area contributed by atoms with Gasteiger partial charge in [-0.25, -0.2) is 9.97 Å². The molecule has 25 heavy (non-hydrogen) atoms. The minimum Gasteiger partial charge on any atom is -0.467 e. The Balaban J connectivity index is 1.71. The molecule has 0 atom stereocenters. The van der Waals surface area contributed by atoms with Crippen molar-refractivity contribution < 1.29 is 9.21 Å². The van der Waals surface area contributed by atoms with Gasteiger partial charge in [-0.1, -0.05) is 30.3 Å². The maximum atomic E-state index is 12.1. The molecule has 1 N–H and O–H groups in total. The predicted octanol–water partition coefficient (Wildman–Crippen LogP) is 2.96. The molecule has 0 fully saturated rings. The molecule has 6 heteroatoms. The molecule has 0 unspecified atom stereocenters. The predicted molar refractivity (Wildman–Crippen MR) is 91.6 cm³/mol. The van der Waals surface area contributed by atoms with Crippen LogP contribution in [0.1, 0.15) is 11.3 Å². The van der Waals surface area contributed by atoms with Gasteiger partial charge < -0.3 is 9.73 Å². The van der Waals surface area contributed by atoms with Crippen molar-refractivity contribution in [2.24, 2.45) is 0 Å². The number of amides is 1. The van der Waals surface area contributed by atoms with Crippen molar-refractivity contribution in [1.29, 1.82) is 5.26 Å². The summed E-state index contributed by atoms with van der Waals surface area (Å²) in [6.45, 7) is 0.217. The Kier molecular flexibility index (Phi) is 4.98. The van der Waals surface area contributed by atoms with Crippen molar-refractivity contribution in [2.75, 3.05) is 0 Å². The quantitative estimate of drug-likeness (QED) is 0.573. The number of rotatable bonds is 5. The zero-order valence-corrected chi connectivity index (χ0v) is 13.2. The molecule has 0 saturated carbocycles. The van der Waals surface area contributed by atoms with Crippen molar-refractivity contribution >= 4 is 12.0 Å². The van der Waals surface area contributed by atoms with Gasteiger partial charge in [-0.05, 0) is 18.2 Å². The first-order valence-corrected chi connectivity index (χ1v) is 7.56. The van der Waals surface area contributed by atoms with Crippen LogP contribution in [0.5, 0.6) is 0 Å². The highest BCUT2D eigenvalue weighted by Crippen LogP contribution is 2.14. The summed E-state index contributed by atoms with van der Waals surface area (Å²) >= 11 is 0. The second-order valence-corrected chi connectivity index (χ2v) is 5.14. The van der Waals surface area contributed by atoms with Gasteiger partial charge in [0.15, 0.2) is 5.82 Å². The highest BCUT2D eigenvalue weighted by Gasteiger charge is 2.10. The van der Waals surface area contributed by atoms with E-state index >= 15 is 0 Å². The number of furan rings is 1. The fraction of sp³-hybridized carbons (Fsp3) is 0.0526. The summed E-state index contributed by atoms with van der Waals surface area (Å²) in [4.78, 5) is 20.6. The van der Waals surface area contributed by atoms with Crippen molar-refractivity contribution in [3.05, 3.63) is 78.0 Å². The molecule has 6 nitrogen and oxygen atoms in total. The monoisotopic (exact) mass is 330 g/mol. The number of carbonyl (C=O) groups is 1. The number of benzene rings is 1. The van der Waals surface area contributed by atoms with E-state index in [1.807, 2.05) is 36.4 Å². The minimum absolute atomic E-state index is 0.0254. The Bertz CT molecular complexity index is 908. The molecule has 2 heterocycles. The maximum Gasteiger partial charge on any atom is 0.262 e. The summed E-state index contributed by atoms with van der Waals surface area (Å²) in [6, 6.07) is 14.9. The first-order chi connectivity index (χ1) is 12.3. The van der Waals surface area contributed by atoms with E-state index < -0.39 is 5.91 Å². The van der Waals surface area contributed by atoms with E-state index in [1.54, 1.807) is 24.5 Å².